The minimum atomic E-state index is 0.288. The largest absolute Gasteiger partial charge is 0.378 e. The summed E-state index contributed by atoms with van der Waals surface area (Å²) < 4.78 is 6.79. The van der Waals surface area contributed by atoms with E-state index in [2.05, 4.69) is 20.1 Å². The van der Waals surface area contributed by atoms with Gasteiger partial charge in [-0.2, -0.15) is 9.67 Å². The van der Waals surface area contributed by atoms with Gasteiger partial charge in [-0.3, -0.25) is 0 Å². The summed E-state index contributed by atoms with van der Waals surface area (Å²) in [5, 5.41) is 4.41. The highest BCUT2D eigenvalue weighted by Crippen LogP contribution is 2.15. The maximum atomic E-state index is 5.93. The number of hydrogen-bond donors (Lipinski definition) is 1. The average Bonchev–Trinajstić information content (AvgIpc) is 2.81. The predicted molar refractivity (Wildman–Crippen MR) is 73.9 cm³/mol. The second-order valence-electron chi connectivity index (χ2n) is 4.73. The van der Waals surface area contributed by atoms with Crippen LogP contribution < -0.4 is 10.6 Å². The standard InChI is InChI=1S/C12H17N7O/c1-8-7-9(2)15-11(14-8)19-10(13)16-12(17-19)18-3-5-20-6-4-18/h7H,3-6H2,1-2H3,(H2,13,16,17). The van der Waals surface area contributed by atoms with Crippen molar-refractivity contribution in [3.63, 3.8) is 0 Å². The van der Waals surface area contributed by atoms with Crippen LogP contribution in [0.4, 0.5) is 11.9 Å². The number of nitrogens with two attached hydrogens (primary N) is 1. The molecule has 3 heterocycles. The summed E-state index contributed by atoms with van der Waals surface area (Å²) in [5.74, 6) is 1.33. The lowest BCUT2D eigenvalue weighted by Crippen LogP contribution is -2.37. The van der Waals surface area contributed by atoms with E-state index in [-0.39, 0.29) is 5.95 Å². The highest BCUT2D eigenvalue weighted by molar-refractivity contribution is 5.39. The number of ether oxygens (including phenoxy) is 1. The van der Waals surface area contributed by atoms with Gasteiger partial charge in [0.2, 0.25) is 11.9 Å². The number of aryl methyl sites for hydroxylation is 2. The first-order valence-electron chi connectivity index (χ1n) is 6.51. The van der Waals surface area contributed by atoms with Crippen LogP contribution in [0.2, 0.25) is 0 Å². The molecule has 8 nitrogen and oxygen atoms in total. The van der Waals surface area contributed by atoms with Crippen LogP contribution in [0.5, 0.6) is 0 Å². The summed E-state index contributed by atoms with van der Waals surface area (Å²) in [7, 11) is 0. The van der Waals surface area contributed by atoms with Crippen molar-refractivity contribution < 1.29 is 4.74 Å². The third-order valence-corrected chi connectivity index (χ3v) is 3.07. The molecule has 2 aromatic rings. The predicted octanol–water partition coefficient (Wildman–Crippen LogP) is 0.0929. The van der Waals surface area contributed by atoms with Gasteiger partial charge in [-0.05, 0) is 19.9 Å². The molecule has 106 valence electrons. The summed E-state index contributed by atoms with van der Waals surface area (Å²) in [5.41, 5.74) is 7.67. The van der Waals surface area contributed by atoms with Crippen LogP contribution in [0.15, 0.2) is 6.07 Å². The Hall–Kier alpha value is -2.22. The number of rotatable bonds is 2. The van der Waals surface area contributed by atoms with E-state index in [0.29, 0.717) is 25.1 Å². The number of morpholine rings is 1. The van der Waals surface area contributed by atoms with E-state index in [1.54, 1.807) is 0 Å². The Balaban J connectivity index is 1.95. The SMILES string of the molecule is Cc1cc(C)nc(-n2nc(N3CCOCC3)nc2N)n1. The van der Waals surface area contributed by atoms with E-state index in [1.807, 2.05) is 24.8 Å². The summed E-state index contributed by atoms with van der Waals surface area (Å²) in [4.78, 5) is 15.0. The van der Waals surface area contributed by atoms with Crippen LogP contribution in [0.3, 0.4) is 0 Å². The van der Waals surface area contributed by atoms with Crippen LogP contribution >= 0.6 is 0 Å². The Labute approximate surface area is 116 Å². The van der Waals surface area contributed by atoms with Gasteiger partial charge in [-0.25, -0.2) is 9.97 Å². The molecular weight excluding hydrogens is 258 g/mol. The molecule has 0 radical (unpaired) electrons. The zero-order valence-electron chi connectivity index (χ0n) is 11.6. The fraction of sp³-hybridized carbons (Fsp3) is 0.500. The highest BCUT2D eigenvalue weighted by atomic mass is 16.5. The molecule has 0 aliphatic carbocycles. The minimum absolute atomic E-state index is 0.288. The third-order valence-electron chi connectivity index (χ3n) is 3.07. The lowest BCUT2D eigenvalue weighted by molar-refractivity contribution is 0.122. The molecule has 1 fully saturated rings. The maximum Gasteiger partial charge on any atom is 0.254 e. The molecule has 1 aliphatic heterocycles. The van der Waals surface area contributed by atoms with Gasteiger partial charge in [0.15, 0.2) is 0 Å². The monoisotopic (exact) mass is 275 g/mol. The third kappa shape index (κ3) is 2.42. The normalized spacial score (nSPS) is 15.6. The molecule has 1 saturated heterocycles. The molecule has 2 N–H and O–H groups in total. The highest BCUT2D eigenvalue weighted by Gasteiger charge is 2.19. The van der Waals surface area contributed by atoms with Crippen molar-refractivity contribution in [2.45, 2.75) is 13.8 Å². The second-order valence-corrected chi connectivity index (χ2v) is 4.73. The van der Waals surface area contributed by atoms with Gasteiger partial charge >= 0.3 is 0 Å². The van der Waals surface area contributed by atoms with Crippen molar-refractivity contribution in [3.8, 4) is 5.95 Å². The first-order valence-corrected chi connectivity index (χ1v) is 6.51. The quantitative estimate of drug-likeness (QED) is 0.830. The lowest BCUT2D eigenvalue weighted by atomic mass is 10.4. The zero-order valence-corrected chi connectivity index (χ0v) is 11.6. The molecule has 1 aliphatic rings. The van der Waals surface area contributed by atoms with Crippen molar-refractivity contribution in [2.24, 2.45) is 0 Å². The smallest absolute Gasteiger partial charge is 0.254 e. The number of aromatic nitrogens is 5. The van der Waals surface area contributed by atoms with E-state index < -0.39 is 0 Å². The Morgan fingerprint density at radius 3 is 2.35 bits per heavy atom. The molecule has 0 amide bonds. The van der Waals surface area contributed by atoms with Gasteiger partial charge in [-0.1, -0.05) is 0 Å². The summed E-state index contributed by atoms with van der Waals surface area (Å²) >= 11 is 0. The summed E-state index contributed by atoms with van der Waals surface area (Å²) in [6, 6.07) is 1.90. The number of nitrogens with zero attached hydrogens (tertiary/aromatic N) is 6. The Morgan fingerprint density at radius 2 is 1.70 bits per heavy atom. The summed E-state index contributed by atoms with van der Waals surface area (Å²) in [6.45, 7) is 6.69. The summed E-state index contributed by atoms with van der Waals surface area (Å²) in [6.07, 6.45) is 0. The van der Waals surface area contributed by atoms with Crippen LogP contribution in [0, 0.1) is 13.8 Å². The van der Waals surface area contributed by atoms with Crippen molar-refractivity contribution in [1.29, 1.82) is 0 Å². The second kappa shape index (κ2) is 5.04. The number of hydrogen-bond acceptors (Lipinski definition) is 7. The van der Waals surface area contributed by atoms with Crippen molar-refractivity contribution >= 4 is 11.9 Å². The molecule has 0 spiro atoms. The lowest BCUT2D eigenvalue weighted by Gasteiger charge is -2.25. The molecule has 8 heteroatoms. The maximum absolute atomic E-state index is 5.93. The van der Waals surface area contributed by atoms with Crippen molar-refractivity contribution in [2.75, 3.05) is 36.9 Å². The van der Waals surface area contributed by atoms with Gasteiger partial charge in [0.25, 0.3) is 5.95 Å². The minimum Gasteiger partial charge on any atom is -0.378 e. The van der Waals surface area contributed by atoms with E-state index in [9.17, 15) is 0 Å². The number of anilines is 2. The van der Waals surface area contributed by atoms with E-state index >= 15 is 0 Å². The Morgan fingerprint density at radius 1 is 1.05 bits per heavy atom. The first kappa shape index (κ1) is 12.8. The molecule has 0 unspecified atom stereocenters. The number of nitrogen functional groups attached to an aromatic ring is 1. The van der Waals surface area contributed by atoms with Crippen molar-refractivity contribution in [3.05, 3.63) is 17.5 Å². The van der Waals surface area contributed by atoms with Crippen LogP contribution in [-0.4, -0.2) is 51.0 Å². The van der Waals surface area contributed by atoms with Gasteiger partial charge in [0, 0.05) is 24.5 Å². The molecule has 0 atom stereocenters. The van der Waals surface area contributed by atoms with E-state index in [0.717, 1.165) is 24.5 Å². The Kier molecular flexibility index (Phi) is 3.23. The van der Waals surface area contributed by atoms with Gasteiger partial charge < -0.3 is 15.4 Å². The van der Waals surface area contributed by atoms with Crippen LogP contribution in [0.25, 0.3) is 5.95 Å². The van der Waals surface area contributed by atoms with Crippen molar-refractivity contribution in [1.82, 2.24) is 24.7 Å². The molecular formula is C12H17N7O. The molecule has 0 aromatic carbocycles. The fourth-order valence-electron chi connectivity index (χ4n) is 2.16. The van der Waals surface area contributed by atoms with Gasteiger partial charge in [0.05, 0.1) is 13.2 Å². The molecule has 0 bridgehead atoms. The van der Waals surface area contributed by atoms with Gasteiger partial charge in [0.1, 0.15) is 0 Å². The molecule has 20 heavy (non-hydrogen) atoms. The Bertz CT molecular complexity index is 598. The topological polar surface area (TPSA) is 95.0 Å². The van der Waals surface area contributed by atoms with Crippen LogP contribution in [0.1, 0.15) is 11.4 Å². The molecule has 0 saturated carbocycles. The van der Waals surface area contributed by atoms with Gasteiger partial charge in [-0.15, -0.1) is 5.10 Å². The zero-order chi connectivity index (χ0) is 14.1. The average molecular weight is 275 g/mol. The van der Waals surface area contributed by atoms with E-state index in [1.165, 1.54) is 4.68 Å². The molecule has 3 rings (SSSR count). The van der Waals surface area contributed by atoms with E-state index in [4.69, 9.17) is 10.5 Å². The van der Waals surface area contributed by atoms with Crippen LogP contribution in [-0.2, 0) is 4.74 Å². The fourth-order valence-corrected chi connectivity index (χ4v) is 2.16. The molecule has 2 aromatic heterocycles. The first-order chi connectivity index (χ1) is 9.63.